The zero-order valence-electron chi connectivity index (χ0n) is 12.6. The van der Waals surface area contributed by atoms with E-state index in [0.717, 1.165) is 12.8 Å². The van der Waals surface area contributed by atoms with Crippen molar-refractivity contribution in [2.24, 2.45) is 11.3 Å². The topological polar surface area (TPSA) is 62.2 Å². The number of nitrogens with zero attached hydrogens (tertiary/aromatic N) is 1. The van der Waals surface area contributed by atoms with Crippen molar-refractivity contribution in [3.8, 4) is 0 Å². The van der Waals surface area contributed by atoms with Crippen LogP contribution in [0.5, 0.6) is 0 Å². The highest BCUT2D eigenvalue weighted by Crippen LogP contribution is 2.50. The van der Waals surface area contributed by atoms with Gasteiger partial charge in [-0.05, 0) is 42.7 Å². The lowest BCUT2D eigenvalue weighted by Gasteiger charge is -2.25. The molecule has 2 N–H and O–H groups in total. The minimum atomic E-state index is -2.63. The van der Waals surface area contributed by atoms with E-state index in [1.807, 2.05) is 13.8 Å². The Morgan fingerprint density at radius 1 is 1.50 bits per heavy atom. The van der Waals surface area contributed by atoms with Crippen LogP contribution in [-0.2, 0) is 0 Å². The van der Waals surface area contributed by atoms with E-state index in [0.29, 0.717) is 6.54 Å². The molecule has 4 nitrogen and oxygen atoms in total. The van der Waals surface area contributed by atoms with Gasteiger partial charge in [-0.2, -0.15) is 8.78 Å². The third-order valence-electron chi connectivity index (χ3n) is 3.97. The maximum atomic E-state index is 12.5. The summed E-state index contributed by atoms with van der Waals surface area (Å²) >= 11 is 0.259. The monoisotopic (exact) mass is 330 g/mol. The molecule has 0 radical (unpaired) electrons. The zero-order chi connectivity index (χ0) is 16.3. The molecule has 7 heteroatoms. The number of aromatic nitrogens is 1. The fraction of sp³-hybridized carbons (Fsp3) is 0.600. The lowest BCUT2D eigenvalue weighted by molar-refractivity contribution is 0.0490. The van der Waals surface area contributed by atoms with E-state index in [-0.39, 0.29) is 33.7 Å². The highest BCUT2D eigenvalue weighted by Gasteiger charge is 2.49. The average Bonchev–Trinajstić information content (AvgIpc) is 3.25. The Bertz CT molecular complexity index is 536. The predicted octanol–water partition coefficient (Wildman–Crippen LogP) is 2.92. The van der Waals surface area contributed by atoms with Crippen molar-refractivity contribution in [3.63, 3.8) is 0 Å². The van der Waals surface area contributed by atoms with Crippen LogP contribution in [0.25, 0.3) is 0 Å². The smallest absolute Gasteiger partial charge is 0.290 e. The Labute approximate surface area is 132 Å². The molecular weight excluding hydrogens is 310 g/mol. The Balaban J connectivity index is 2.02. The molecule has 1 aromatic heterocycles. The molecule has 1 aliphatic rings. The minimum absolute atomic E-state index is 0.0178. The van der Waals surface area contributed by atoms with E-state index < -0.39 is 17.8 Å². The third kappa shape index (κ3) is 3.95. The molecule has 2 rings (SSSR count). The molecule has 122 valence electrons. The quantitative estimate of drug-likeness (QED) is 0.755. The SMILES string of the molecule is CC(C)[C@H](O)C1(CNC(=O)c2cccnc2SC(F)F)CC1. The van der Waals surface area contributed by atoms with Crippen molar-refractivity contribution < 1.29 is 18.7 Å². The van der Waals surface area contributed by atoms with Crippen LogP contribution in [0.1, 0.15) is 37.0 Å². The van der Waals surface area contributed by atoms with Crippen molar-refractivity contribution >= 4 is 17.7 Å². The second-order valence-corrected chi connectivity index (χ2v) is 6.95. The van der Waals surface area contributed by atoms with Gasteiger partial charge in [0.1, 0.15) is 5.03 Å². The summed E-state index contributed by atoms with van der Waals surface area (Å²) in [5.74, 6) is -2.94. The summed E-state index contributed by atoms with van der Waals surface area (Å²) in [7, 11) is 0. The van der Waals surface area contributed by atoms with Crippen molar-refractivity contribution in [2.75, 3.05) is 6.54 Å². The first-order valence-corrected chi connectivity index (χ1v) is 8.10. The fourth-order valence-corrected chi connectivity index (χ4v) is 3.12. The zero-order valence-corrected chi connectivity index (χ0v) is 13.4. The first-order valence-electron chi connectivity index (χ1n) is 7.22. The normalized spacial score (nSPS) is 17.6. The predicted molar refractivity (Wildman–Crippen MR) is 80.9 cm³/mol. The number of amides is 1. The Kier molecular flexibility index (Phi) is 5.39. The number of rotatable bonds is 7. The Morgan fingerprint density at radius 2 is 2.18 bits per heavy atom. The van der Waals surface area contributed by atoms with Crippen LogP contribution in [0.15, 0.2) is 23.4 Å². The summed E-state index contributed by atoms with van der Waals surface area (Å²) in [4.78, 5) is 16.1. The summed E-state index contributed by atoms with van der Waals surface area (Å²) < 4.78 is 25.0. The van der Waals surface area contributed by atoms with Gasteiger partial charge in [0.15, 0.2) is 0 Å². The van der Waals surface area contributed by atoms with Crippen molar-refractivity contribution in [1.29, 1.82) is 0 Å². The number of aliphatic hydroxyl groups excluding tert-OH is 1. The molecule has 0 unspecified atom stereocenters. The second kappa shape index (κ2) is 6.91. The van der Waals surface area contributed by atoms with E-state index in [1.54, 1.807) is 6.07 Å². The molecule has 1 aliphatic carbocycles. The number of pyridine rings is 1. The largest absolute Gasteiger partial charge is 0.392 e. The highest BCUT2D eigenvalue weighted by atomic mass is 32.2. The van der Waals surface area contributed by atoms with Gasteiger partial charge in [-0.15, -0.1) is 0 Å². The molecule has 1 fully saturated rings. The molecule has 0 saturated heterocycles. The maximum Gasteiger partial charge on any atom is 0.290 e. The molecule has 0 bridgehead atoms. The van der Waals surface area contributed by atoms with Gasteiger partial charge in [0.2, 0.25) is 0 Å². The van der Waals surface area contributed by atoms with E-state index in [9.17, 15) is 18.7 Å². The molecule has 1 heterocycles. The van der Waals surface area contributed by atoms with Gasteiger partial charge in [0.05, 0.1) is 11.7 Å². The molecule has 0 aromatic carbocycles. The van der Waals surface area contributed by atoms with Gasteiger partial charge < -0.3 is 10.4 Å². The van der Waals surface area contributed by atoms with Crippen LogP contribution < -0.4 is 5.32 Å². The van der Waals surface area contributed by atoms with E-state index >= 15 is 0 Å². The van der Waals surface area contributed by atoms with Crippen molar-refractivity contribution in [1.82, 2.24) is 10.3 Å². The maximum absolute atomic E-state index is 12.5. The molecule has 0 spiro atoms. The summed E-state index contributed by atoms with van der Waals surface area (Å²) in [5, 5.41) is 13.0. The number of carbonyl (C=O) groups excluding carboxylic acids is 1. The first kappa shape index (κ1) is 17.1. The van der Waals surface area contributed by atoms with Crippen LogP contribution in [-0.4, -0.2) is 34.4 Å². The number of carbonyl (C=O) groups is 1. The second-order valence-electron chi connectivity index (χ2n) is 5.97. The van der Waals surface area contributed by atoms with E-state index in [1.165, 1.54) is 12.3 Å². The molecule has 1 saturated carbocycles. The number of nitrogens with one attached hydrogen (secondary N) is 1. The first-order chi connectivity index (χ1) is 10.4. The molecule has 1 atom stereocenters. The van der Waals surface area contributed by atoms with Crippen LogP contribution >= 0.6 is 11.8 Å². The van der Waals surface area contributed by atoms with Gasteiger partial charge in [-0.1, -0.05) is 13.8 Å². The van der Waals surface area contributed by atoms with Gasteiger partial charge in [-0.25, -0.2) is 4.98 Å². The number of thioether (sulfide) groups is 1. The van der Waals surface area contributed by atoms with Crippen LogP contribution in [0.4, 0.5) is 8.78 Å². The standard InChI is InChI=1S/C15H20F2N2O2S/c1-9(2)11(20)15(5-6-15)8-19-12(21)10-4-3-7-18-13(10)22-14(16)17/h3-4,7,9,11,14,20H,5-6,8H2,1-2H3,(H,19,21)/t11-/m0/s1. The summed E-state index contributed by atoms with van der Waals surface area (Å²) in [5.41, 5.74) is -0.134. The molecule has 1 aromatic rings. The van der Waals surface area contributed by atoms with Gasteiger partial charge >= 0.3 is 0 Å². The highest BCUT2D eigenvalue weighted by molar-refractivity contribution is 7.99. The van der Waals surface area contributed by atoms with E-state index in [4.69, 9.17) is 0 Å². The van der Waals surface area contributed by atoms with Crippen LogP contribution in [0.3, 0.4) is 0 Å². The minimum Gasteiger partial charge on any atom is -0.392 e. The Hall–Kier alpha value is -1.21. The molecular formula is C15H20F2N2O2S. The van der Waals surface area contributed by atoms with E-state index in [2.05, 4.69) is 10.3 Å². The molecule has 0 aliphatic heterocycles. The van der Waals surface area contributed by atoms with Crippen molar-refractivity contribution in [2.45, 2.75) is 43.6 Å². The van der Waals surface area contributed by atoms with Crippen molar-refractivity contribution in [3.05, 3.63) is 23.9 Å². The Morgan fingerprint density at radius 3 is 2.73 bits per heavy atom. The number of alkyl halides is 2. The lowest BCUT2D eigenvalue weighted by atomic mass is 9.90. The fourth-order valence-electron chi connectivity index (χ4n) is 2.54. The third-order valence-corrected chi connectivity index (χ3v) is 4.70. The number of halogens is 2. The average molecular weight is 330 g/mol. The van der Waals surface area contributed by atoms with Gasteiger partial charge in [-0.3, -0.25) is 4.79 Å². The summed E-state index contributed by atoms with van der Waals surface area (Å²) in [6, 6.07) is 3.02. The molecule has 22 heavy (non-hydrogen) atoms. The summed E-state index contributed by atoms with van der Waals surface area (Å²) in [6.07, 6.45) is 2.62. The number of aliphatic hydroxyl groups is 1. The summed E-state index contributed by atoms with van der Waals surface area (Å²) in [6.45, 7) is 4.22. The lowest BCUT2D eigenvalue weighted by Crippen LogP contribution is -2.38. The van der Waals surface area contributed by atoms with Crippen LogP contribution in [0.2, 0.25) is 0 Å². The molecule has 1 amide bonds. The van der Waals surface area contributed by atoms with Crippen LogP contribution in [0, 0.1) is 11.3 Å². The van der Waals surface area contributed by atoms with Gasteiger partial charge in [0.25, 0.3) is 11.7 Å². The number of hydrogen-bond acceptors (Lipinski definition) is 4. The van der Waals surface area contributed by atoms with Gasteiger partial charge in [0, 0.05) is 18.2 Å². The number of hydrogen-bond donors (Lipinski definition) is 2.